The lowest BCUT2D eigenvalue weighted by molar-refractivity contribution is 0.184. The van der Waals surface area contributed by atoms with Crippen molar-refractivity contribution in [2.75, 3.05) is 12.4 Å². The summed E-state index contributed by atoms with van der Waals surface area (Å²) in [4.78, 5) is 4.10. The highest BCUT2D eigenvalue weighted by Crippen LogP contribution is 2.20. The number of nitrogens with one attached hydrogen (secondary N) is 1. The molecule has 0 fully saturated rings. The van der Waals surface area contributed by atoms with Crippen LogP contribution in [-0.4, -0.2) is 18.2 Å². The summed E-state index contributed by atoms with van der Waals surface area (Å²) >= 11 is 0. The Labute approximate surface area is 121 Å². The lowest BCUT2D eigenvalue weighted by Gasteiger charge is -2.08. The molecule has 2 aromatic rings. The lowest BCUT2D eigenvalue weighted by Crippen LogP contribution is -2.22. The second-order valence-corrected chi connectivity index (χ2v) is 4.42. The highest BCUT2D eigenvalue weighted by molar-refractivity contribution is 5.94. The summed E-state index contributed by atoms with van der Waals surface area (Å²) < 4.78 is 17.8. The Morgan fingerprint density at radius 3 is 2.67 bits per heavy atom. The number of rotatable bonds is 4. The fourth-order valence-electron chi connectivity index (χ4n) is 1.83. The summed E-state index contributed by atoms with van der Waals surface area (Å²) in [7, 11) is 1.57. The van der Waals surface area contributed by atoms with Crippen LogP contribution in [0.15, 0.2) is 47.5 Å². The van der Waals surface area contributed by atoms with Crippen molar-refractivity contribution in [3.63, 3.8) is 0 Å². The first kappa shape index (κ1) is 14.8. The average Bonchev–Trinajstić information content (AvgIpc) is 2.41. The summed E-state index contributed by atoms with van der Waals surface area (Å²) in [6.07, 6.45) is 0. The van der Waals surface area contributed by atoms with Crippen LogP contribution in [0.4, 0.5) is 15.8 Å². The van der Waals surface area contributed by atoms with E-state index in [1.807, 2.05) is 0 Å². The molecule has 0 heterocycles. The number of ether oxygens (including phenoxy) is 1. The topological polar surface area (TPSA) is 79.9 Å². The van der Waals surface area contributed by atoms with Gasteiger partial charge in [0.25, 0.3) is 0 Å². The molecule has 4 N–H and O–H groups in total. The molecule has 21 heavy (non-hydrogen) atoms. The van der Waals surface area contributed by atoms with Gasteiger partial charge in [-0.3, -0.25) is 0 Å². The first-order chi connectivity index (χ1) is 10.1. The Bertz CT molecular complexity index is 642. The van der Waals surface area contributed by atoms with Crippen molar-refractivity contribution >= 4 is 17.3 Å². The Hall–Kier alpha value is -2.60. The van der Waals surface area contributed by atoms with Gasteiger partial charge >= 0.3 is 0 Å². The summed E-state index contributed by atoms with van der Waals surface area (Å²) in [6, 6.07) is 10.5. The third-order valence-corrected chi connectivity index (χ3v) is 2.64. The number of aromatic hydroxyl groups is 1. The number of nitrogens with zero attached hydrogens (tertiary/aromatic N) is 1. The first-order valence-corrected chi connectivity index (χ1v) is 6.25. The van der Waals surface area contributed by atoms with Crippen molar-refractivity contribution in [3.05, 3.63) is 53.8 Å². The molecular formula is C15H16FN3O2. The van der Waals surface area contributed by atoms with E-state index in [0.29, 0.717) is 18.0 Å². The molecule has 0 aromatic heterocycles. The van der Waals surface area contributed by atoms with E-state index < -0.39 is 0 Å². The quantitative estimate of drug-likeness (QED) is 0.597. The molecular weight excluding hydrogens is 273 g/mol. The number of nitrogens with two attached hydrogens (primary N) is 1. The van der Waals surface area contributed by atoms with E-state index >= 15 is 0 Å². The van der Waals surface area contributed by atoms with Crippen LogP contribution in [0.25, 0.3) is 0 Å². The number of halogens is 1. The molecule has 110 valence electrons. The minimum Gasteiger partial charge on any atom is -0.508 e. The molecule has 0 unspecified atom stereocenters. The summed E-state index contributed by atoms with van der Waals surface area (Å²) in [6.45, 7) is 0.373. The molecule has 0 saturated heterocycles. The predicted octanol–water partition coefficient (Wildman–Crippen LogP) is 2.74. The van der Waals surface area contributed by atoms with Crippen molar-refractivity contribution in [1.82, 2.24) is 0 Å². The maximum absolute atomic E-state index is 12.8. The monoisotopic (exact) mass is 289 g/mol. The van der Waals surface area contributed by atoms with Gasteiger partial charge in [0, 0.05) is 18.9 Å². The zero-order chi connectivity index (χ0) is 15.2. The van der Waals surface area contributed by atoms with Gasteiger partial charge in [0.1, 0.15) is 11.6 Å². The van der Waals surface area contributed by atoms with E-state index in [0.717, 1.165) is 5.56 Å². The van der Waals surface area contributed by atoms with Gasteiger partial charge in [-0.05, 0) is 42.0 Å². The molecule has 6 heteroatoms. The van der Waals surface area contributed by atoms with E-state index in [4.69, 9.17) is 10.5 Å². The van der Waals surface area contributed by atoms with E-state index in [9.17, 15) is 9.50 Å². The Kier molecular flexibility index (Phi) is 4.73. The number of benzene rings is 2. The number of hydrogen-bond donors (Lipinski definition) is 3. The smallest absolute Gasteiger partial charge is 0.198 e. The van der Waals surface area contributed by atoms with Crippen LogP contribution < -0.4 is 11.1 Å². The van der Waals surface area contributed by atoms with Crippen LogP contribution in [0.2, 0.25) is 0 Å². The van der Waals surface area contributed by atoms with E-state index in [2.05, 4.69) is 10.3 Å². The fraction of sp³-hybridized carbons (Fsp3) is 0.133. The van der Waals surface area contributed by atoms with Gasteiger partial charge in [0.05, 0.1) is 12.3 Å². The molecule has 0 radical (unpaired) electrons. The fourth-order valence-corrected chi connectivity index (χ4v) is 1.83. The van der Waals surface area contributed by atoms with Crippen LogP contribution in [0, 0.1) is 5.82 Å². The summed E-state index contributed by atoms with van der Waals surface area (Å²) in [5.74, 6) is -0.102. The van der Waals surface area contributed by atoms with E-state index in [1.165, 1.54) is 30.3 Å². The molecule has 0 atom stereocenters. The Morgan fingerprint density at radius 2 is 2.00 bits per heavy atom. The highest BCUT2D eigenvalue weighted by atomic mass is 19.1. The second kappa shape index (κ2) is 6.71. The van der Waals surface area contributed by atoms with Crippen LogP contribution in [-0.2, 0) is 11.3 Å². The molecule has 0 bridgehead atoms. The van der Waals surface area contributed by atoms with Gasteiger partial charge in [-0.15, -0.1) is 0 Å². The number of aliphatic imine (C=N–C) groups is 1. The third-order valence-electron chi connectivity index (χ3n) is 2.64. The van der Waals surface area contributed by atoms with Crippen LogP contribution in [0.3, 0.4) is 0 Å². The lowest BCUT2D eigenvalue weighted by atomic mass is 10.2. The van der Waals surface area contributed by atoms with Crippen LogP contribution in [0.5, 0.6) is 5.75 Å². The van der Waals surface area contributed by atoms with Crippen molar-refractivity contribution in [1.29, 1.82) is 0 Å². The molecule has 5 nitrogen and oxygen atoms in total. The summed E-state index contributed by atoms with van der Waals surface area (Å²) in [5, 5.41) is 12.5. The number of methoxy groups -OCH3 is 1. The minimum absolute atomic E-state index is 0.0987. The number of phenols is 1. The van der Waals surface area contributed by atoms with Crippen molar-refractivity contribution in [3.8, 4) is 5.75 Å². The Morgan fingerprint density at radius 1 is 1.29 bits per heavy atom. The normalized spacial score (nSPS) is 11.4. The number of hydrogen-bond acceptors (Lipinski definition) is 3. The largest absolute Gasteiger partial charge is 0.508 e. The predicted molar refractivity (Wildman–Crippen MR) is 80.1 cm³/mol. The van der Waals surface area contributed by atoms with Crippen LogP contribution >= 0.6 is 0 Å². The summed E-state index contributed by atoms with van der Waals surface area (Å²) in [5.41, 5.74) is 7.70. The van der Waals surface area contributed by atoms with Gasteiger partial charge in [-0.2, -0.15) is 0 Å². The second-order valence-electron chi connectivity index (χ2n) is 4.42. The van der Waals surface area contributed by atoms with Gasteiger partial charge < -0.3 is 20.9 Å². The highest BCUT2D eigenvalue weighted by Gasteiger charge is 2.02. The zero-order valence-corrected chi connectivity index (χ0v) is 11.5. The molecule has 2 rings (SSSR count). The van der Waals surface area contributed by atoms with Crippen molar-refractivity contribution in [2.24, 2.45) is 10.7 Å². The number of anilines is 1. The standard InChI is InChI=1S/C15H16FN3O2/c1-21-9-10-6-13(8-14(20)7-10)19-15(17)18-12-4-2-11(16)3-5-12/h2-8,20H,9H2,1H3,(H3,17,18,19). The SMILES string of the molecule is COCc1cc(O)cc(NC(N)=Nc2ccc(F)cc2)c1. The molecule has 2 aromatic carbocycles. The van der Waals surface area contributed by atoms with Gasteiger partial charge in [0.2, 0.25) is 0 Å². The van der Waals surface area contributed by atoms with Gasteiger partial charge in [-0.1, -0.05) is 0 Å². The number of phenolic OH excluding ortho intramolecular Hbond substituents is 1. The first-order valence-electron chi connectivity index (χ1n) is 6.25. The number of guanidine groups is 1. The Balaban J connectivity index is 2.15. The van der Waals surface area contributed by atoms with Gasteiger partial charge in [0.15, 0.2) is 5.96 Å². The molecule has 0 aliphatic carbocycles. The van der Waals surface area contributed by atoms with Gasteiger partial charge in [-0.25, -0.2) is 9.38 Å². The maximum Gasteiger partial charge on any atom is 0.198 e. The minimum atomic E-state index is -0.335. The molecule has 0 aliphatic heterocycles. The van der Waals surface area contributed by atoms with Crippen molar-refractivity contribution in [2.45, 2.75) is 6.61 Å². The van der Waals surface area contributed by atoms with Crippen LogP contribution in [0.1, 0.15) is 5.56 Å². The third kappa shape index (κ3) is 4.47. The average molecular weight is 289 g/mol. The van der Waals surface area contributed by atoms with E-state index in [-0.39, 0.29) is 17.5 Å². The molecule has 0 amide bonds. The maximum atomic E-state index is 12.8. The van der Waals surface area contributed by atoms with E-state index in [1.54, 1.807) is 19.2 Å². The molecule has 0 saturated carbocycles. The zero-order valence-electron chi connectivity index (χ0n) is 11.5. The van der Waals surface area contributed by atoms with Crippen molar-refractivity contribution < 1.29 is 14.2 Å². The molecule has 0 spiro atoms. The molecule has 0 aliphatic rings.